The van der Waals surface area contributed by atoms with E-state index in [-0.39, 0.29) is 29.8 Å². The van der Waals surface area contributed by atoms with Crippen LogP contribution in [0.4, 0.5) is 5.69 Å². The van der Waals surface area contributed by atoms with Crippen LogP contribution in [0.3, 0.4) is 0 Å². The van der Waals surface area contributed by atoms with Gasteiger partial charge in [0, 0.05) is 24.5 Å². The van der Waals surface area contributed by atoms with Gasteiger partial charge in [0.25, 0.3) is 5.91 Å². The summed E-state index contributed by atoms with van der Waals surface area (Å²) in [6.07, 6.45) is 1.49. The minimum absolute atomic E-state index is 0.0833. The predicted octanol–water partition coefficient (Wildman–Crippen LogP) is 2.85. The molecule has 1 aromatic heterocycles. The third kappa shape index (κ3) is 4.35. The second-order valence-electron chi connectivity index (χ2n) is 6.34. The Morgan fingerprint density at radius 3 is 2.20 bits per heavy atom. The van der Waals surface area contributed by atoms with E-state index in [1.54, 1.807) is 7.05 Å². The number of Topliss-reactive ketones (excluding diaryl/α,β-unsaturated/α-hetero) is 1. The Bertz CT molecular complexity index is 813. The average Bonchev–Trinajstić information content (AvgIpc) is 3.00. The van der Waals surface area contributed by atoms with Gasteiger partial charge in [0.2, 0.25) is 5.91 Å². The van der Waals surface area contributed by atoms with Crippen LogP contribution in [0.15, 0.2) is 24.4 Å². The zero-order valence-corrected chi connectivity index (χ0v) is 15.2. The van der Waals surface area contributed by atoms with Gasteiger partial charge in [0.1, 0.15) is 5.69 Å². The van der Waals surface area contributed by atoms with Crippen molar-refractivity contribution in [1.29, 1.82) is 0 Å². The highest BCUT2D eigenvalue weighted by Gasteiger charge is 2.18. The molecule has 6 nitrogen and oxygen atoms in total. The van der Waals surface area contributed by atoms with E-state index in [9.17, 15) is 14.4 Å². The number of ketones is 1. The number of aromatic amines is 1. The van der Waals surface area contributed by atoms with Gasteiger partial charge < -0.3 is 15.2 Å². The monoisotopic (exact) mass is 341 g/mol. The molecule has 2 amide bonds. The molecule has 0 atom stereocenters. The number of nitrogens with zero attached hydrogens (tertiary/aromatic N) is 1. The van der Waals surface area contributed by atoms with E-state index in [4.69, 9.17) is 0 Å². The third-order valence-electron chi connectivity index (χ3n) is 3.99. The summed E-state index contributed by atoms with van der Waals surface area (Å²) in [6, 6.07) is 5.49. The minimum Gasteiger partial charge on any atom is -0.356 e. The normalized spacial score (nSPS) is 10.4. The fourth-order valence-electron chi connectivity index (χ4n) is 2.77. The van der Waals surface area contributed by atoms with Gasteiger partial charge in [-0.05, 0) is 44.9 Å². The molecule has 0 unspecified atom stereocenters. The van der Waals surface area contributed by atoms with Crippen molar-refractivity contribution in [3.63, 3.8) is 0 Å². The maximum atomic E-state index is 12.4. The molecule has 0 aliphatic heterocycles. The number of carbonyl (C=O) groups is 3. The molecule has 0 aliphatic rings. The molecule has 0 bridgehead atoms. The lowest BCUT2D eigenvalue weighted by molar-refractivity contribution is -0.116. The zero-order chi connectivity index (χ0) is 18.7. The molecule has 1 heterocycles. The number of amides is 2. The van der Waals surface area contributed by atoms with Crippen molar-refractivity contribution < 1.29 is 14.4 Å². The molecule has 2 rings (SSSR count). The number of aromatic nitrogens is 1. The number of hydrogen-bond acceptors (Lipinski definition) is 3. The third-order valence-corrected chi connectivity index (χ3v) is 3.99. The number of benzene rings is 1. The molecule has 25 heavy (non-hydrogen) atoms. The Balaban J connectivity index is 2.04. The number of H-pyrrole nitrogens is 1. The Morgan fingerprint density at radius 1 is 1.08 bits per heavy atom. The van der Waals surface area contributed by atoms with Gasteiger partial charge in [-0.25, -0.2) is 0 Å². The zero-order valence-electron chi connectivity index (χ0n) is 15.2. The lowest BCUT2D eigenvalue weighted by Gasteiger charge is -2.18. The Kier molecular flexibility index (Phi) is 5.41. The minimum atomic E-state index is -0.347. The summed E-state index contributed by atoms with van der Waals surface area (Å²) < 4.78 is 0. The number of likely N-dealkylation sites (N-methyl/N-ethyl adjacent to an activating group) is 1. The maximum Gasteiger partial charge on any atom is 0.270 e. The molecule has 0 radical (unpaired) electrons. The molecule has 0 fully saturated rings. The van der Waals surface area contributed by atoms with E-state index in [2.05, 4.69) is 10.3 Å². The number of hydrogen-bond donors (Lipinski definition) is 2. The van der Waals surface area contributed by atoms with Crippen molar-refractivity contribution in [2.45, 2.75) is 27.7 Å². The van der Waals surface area contributed by atoms with Gasteiger partial charge in [-0.1, -0.05) is 17.7 Å². The highest BCUT2D eigenvalue weighted by atomic mass is 16.2. The lowest BCUT2D eigenvalue weighted by Crippen LogP contribution is -2.35. The first-order valence-electron chi connectivity index (χ1n) is 8.01. The Labute approximate surface area is 147 Å². The van der Waals surface area contributed by atoms with Gasteiger partial charge in [0.05, 0.1) is 6.54 Å². The standard InChI is InChI=1S/C19H23N3O3/c1-11-6-12(2)18(13(3)7-11)21-17(24)10-22(5)19(25)16-8-15(9-20-16)14(4)23/h6-9,20H,10H2,1-5H3,(H,21,24). The van der Waals surface area contributed by atoms with E-state index in [1.807, 2.05) is 32.9 Å². The number of rotatable bonds is 5. The number of anilines is 1. The number of aryl methyl sites for hydroxylation is 3. The first kappa shape index (κ1) is 18.4. The molecule has 2 N–H and O–H groups in total. The van der Waals surface area contributed by atoms with E-state index in [1.165, 1.54) is 24.1 Å². The largest absolute Gasteiger partial charge is 0.356 e. The van der Waals surface area contributed by atoms with Crippen LogP contribution in [0, 0.1) is 20.8 Å². The molecule has 0 aliphatic carbocycles. The summed E-state index contributed by atoms with van der Waals surface area (Å²) in [5, 5.41) is 2.87. The number of carbonyl (C=O) groups excluding carboxylic acids is 3. The van der Waals surface area contributed by atoms with Crippen molar-refractivity contribution in [2.75, 3.05) is 18.9 Å². The molecule has 6 heteroatoms. The van der Waals surface area contributed by atoms with Gasteiger partial charge >= 0.3 is 0 Å². The summed E-state index contributed by atoms with van der Waals surface area (Å²) in [7, 11) is 1.55. The first-order valence-corrected chi connectivity index (χ1v) is 8.01. The fourth-order valence-corrected chi connectivity index (χ4v) is 2.77. The summed E-state index contributed by atoms with van der Waals surface area (Å²) >= 11 is 0. The van der Waals surface area contributed by atoms with Crippen LogP contribution in [-0.2, 0) is 4.79 Å². The van der Waals surface area contributed by atoms with Crippen LogP contribution in [0.1, 0.15) is 44.5 Å². The number of nitrogens with one attached hydrogen (secondary N) is 2. The van der Waals surface area contributed by atoms with Crippen molar-refractivity contribution in [1.82, 2.24) is 9.88 Å². The first-order chi connectivity index (χ1) is 11.7. The van der Waals surface area contributed by atoms with Crippen molar-refractivity contribution >= 4 is 23.3 Å². The van der Waals surface area contributed by atoms with Crippen molar-refractivity contribution in [2.24, 2.45) is 0 Å². The molecule has 0 saturated heterocycles. The van der Waals surface area contributed by atoms with Crippen LogP contribution in [0.2, 0.25) is 0 Å². The highest BCUT2D eigenvalue weighted by Crippen LogP contribution is 2.21. The Hall–Kier alpha value is -2.89. The molecular formula is C19H23N3O3. The molecule has 132 valence electrons. The van der Waals surface area contributed by atoms with E-state index in [0.717, 1.165) is 22.4 Å². The summed E-state index contributed by atoms with van der Waals surface area (Å²) in [5.74, 6) is -0.745. The second kappa shape index (κ2) is 7.34. The van der Waals surface area contributed by atoms with Crippen LogP contribution in [-0.4, -0.2) is 41.1 Å². The Morgan fingerprint density at radius 2 is 1.68 bits per heavy atom. The van der Waals surface area contributed by atoms with Crippen LogP contribution < -0.4 is 5.32 Å². The van der Waals surface area contributed by atoms with Gasteiger partial charge in [-0.15, -0.1) is 0 Å². The topological polar surface area (TPSA) is 82.3 Å². The maximum absolute atomic E-state index is 12.4. The molecule has 1 aromatic carbocycles. The van der Waals surface area contributed by atoms with Crippen LogP contribution >= 0.6 is 0 Å². The van der Waals surface area contributed by atoms with E-state index < -0.39 is 0 Å². The van der Waals surface area contributed by atoms with Crippen LogP contribution in [0.25, 0.3) is 0 Å². The fraction of sp³-hybridized carbons (Fsp3) is 0.316. The van der Waals surface area contributed by atoms with Gasteiger partial charge in [-0.3, -0.25) is 14.4 Å². The average molecular weight is 341 g/mol. The lowest BCUT2D eigenvalue weighted by atomic mass is 10.1. The second-order valence-corrected chi connectivity index (χ2v) is 6.34. The van der Waals surface area contributed by atoms with E-state index >= 15 is 0 Å². The van der Waals surface area contributed by atoms with Gasteiger partial charge in [-0.2, -0.15) is 0 Å². The predicted molar refractivity (Wildman–Crippen MR) is 97.0 cm³/mol. The molecule has 2 aromatic rings. The van der Waals surface area contributed by atoms with Crippen LogP contribution in [0.5, 0.6) is 0 Å². The molecule has 0 saturated carbocycles. The highest BCUT2D eigenvalue weighted by molar-refractivity contribution is 6.01. The quantitative estimate of drug-likeness (QED) is 0.821. The van der Waals surface area contributed by atoms with E-state index in [0.29, 0.717) is 5.56 Å². The smallest absolute Gasteiger partial charge is 0.270 e. The molecular weight excluding hydrogens is 318 g/mol. The van der Waals surface area contributed by atoms with Gasteiger partial charge in [0.15, 0.2) is 5.78 Å². The summed E-state index contributed by atoms with van der Waals surface area (Å²) in [6.45, 7) is 7.23. The summed E-state index contributed by atoms with van der Waals surface area (Å²) in [4.78, 5) is 40.0. The summed E-state index contributed by atoms with van der Waals surface area (Å²) in [5.41, 5.74) is 4.59. The van der Waals surface area contributed by atoms with Crippen molar-refractivity contribution in [3.8, 4) is 0 Å². The SMILES string of the molecule is CC(=O)c1c[nH]c(C(=O)N(C)CC(=O)Nc2c(C)cc(C)cc2C)c1. The molecule has 0 spiro atoms. The van der Waals surface area contributed by atoms with Crippen molar-refractivity contribution in [3.05, 3.63) is 52.3 Å².